The molecule has 0 fully saturated rings. The van der Waals surface area contributed by atoms with Crippen molar-refractivity contribution in [2.45, 2.75) is 6.92 Å². The number of hydrogen-bond donors (Lipinski definition) is 2. The van der Waals surface area contributed by atoms with Crippen LogP contribution < -0.4 is 5.32 Å². The first kappa shape index (κ1) is 15.4. The molecule has 0 radical (unpaired) electrons. The fourth-order valence-electron chi connectivity index (χ4n) is 2.67. The van der Waals surface area contributed by atoms with Crippen LogP contribution in [0.3, 0.4) is 0 Å². The molecule has 2 heterocycles. The van der Waals surface area contributed by atoms with Gasteiger partial charge in [0.2, 0.25) is 0 Å². The van der Waals surface area contributed by atoms with Crippen molar-refractivity contribution in [1.82, 2.24) is 9.78 Å². The Bertz CT molecular complexity index is 1070. The number of nitrogens with one attached hydrogen (secondary N) is 1. The Hall–Kier alpha value is -3.12. The molecule has 6 heteroatoms. The quantitative estimate of drug-likeness (QED) is 0.540. The average Bonchev–Trinajstić information content (AvgIpc) is 3.19. The molecule has 2 aromatic heterocycles. The van der Waals surface area contributed by atoms with Crippen molar-refractivity contribution in [3.8, 4) is 11.4 Å². The summed E-state index contributed by atoms with van der Waals surface area (Å²) in [6.45, 7) is 1.93. The number of amides is 1. The summed E-state index contributed by atoms with van der Waals surface area (Å²) in [5.74, 6) is -0.203. The van der Waals surface area contributed by atoms with E-state index in [1.54, 1.807) is 18.2 Å². The number of fused-ring (bicyclic) bond motifs is 1. The number of rotatable bonds is 3. The number of para-hydroxylation sites is 3. The standard InChI is InChI=1S/C19H15N3O2S/c1-12-14-11-17(18(24)20-15-9-5-6-10-16(15)23)25-19(14)22(21-12)13-7-3-2-4-8-13/h2-11,23H,1H3,(H,20,24). The van der Waals surface area contributed by atoms with Gasteiger partial charge >= 0.3 is 0 Å². The van der Waals surface area contributed by atoms with Crippen LogP contribution in [0.5, 0.6) is 5.75 Å². The second-order valence-corrected chi connectivity index (χ2v) is 6.66. The Balaban J connectivity index is 1.72. The van der Waals surface area contributed by atoms with Crippen LogP contribution in [-0.4, -0.2) is 20.8 Å². The molecule has 1 amide bonds. The number of nitrogens with zero attached hydrogens (tertiary/aromatic N) is 2. The molecule has 2 aromatic carbocycles. The number of anilines is 1. The summed E-state index contributed by atoms with van der Waals surface area (Å²) in [6, 6.07) is 18.3. The van der Waals surface area contributed by atoms with E-state index in [2.05, 4.69) is 10.4 Å². The number of carbonyl (C=O) groups excluding carboxylic acids is 1. The lowest BCUT2D eigenvalue weighted by atomic mass is 10.2. The van der Waals surface area contributed by atoms with E-state index in [1.807, 2.05) is 48.0 Å². The molecule has 5 nitrogen and oxygen atoms in total. The highest BCUT2D eigenvalue weighted by molar-refractivity contribution is 7.20. The summed E-state index contributed by atoms with van der Waals surface area (Å²) >= 11 is 1.38. The van der Waals surface area contributed by atoms with Gasteiger partial charge in [-0.1, -0.05) is 30.3 Å². The average molecular weight is 349 g/mol. The SMILES string of the molecule is Cc1nn(-c2ccccc2)c2sc(C(=O)Nc3ccccc3O)cc12. The van der Waals surface area contributed by atoms with Gasteiger partial charge in [-0.05, 0) is 37.3 Å². The van der Waals surface area contributed by atoms with Crippen molar-refractivity contribution < 1.29 is 9.90 Å². The van der Waals surface area contributed by atoms with E-state index in [1.165, 1.54) is 17.4 Å². The number of phenolic OH excluding ortho intramolecular Hbond substituents is 1. The minimum absolute atomic E-state index is 0.0450. The summed E-state index contributed by atoms with van der Waals surface area (Å²) in [4.78, 5) is 14.0. The van der Waals surface area contributed by atoms with E-state index < -0.39 is 0 Å². The fraction of sp³-hybridized carbons (Fsp3) is 0.0526. The van der Waals surface area contributed by atoms with Gasteiger partial charge in [0, 0.05) is 5.39 Å². The fourth-order valence-corrected chi connectivity index (χ4v) is 3.74. The van der Waals surface area contributed by atoms with Crippen molar-refractivity contribution in [1.29, 1.82) is 0 Å². The molecule has 0 unspecified atom stereocenters. The number of thiophene rings is 1. The topological polar surface area (TPSA) is 67.2 Å². The van der Waals surface area contributed by atoms with Gasteiger partial charge in [0.1, 0.15) is 10.6 Å². The monoisotopic (exact) mass is 349 g/mol. The van der Waals surface area contributed by atoms with Crippen LogP contribution in [0.4, 0.5) is 5.69 Å². The highest BCUT2D eigenvalue weighted by atomic mass is 32.1. The minimum Gasteiger partial charge on any atom is -0.506 e. The van der Waals surface area contributed by atoms with Gasteiger partial charge < -0.3 is 10.4 Å². The minimum atomic E-state index is -0.248. The molecule has 0 spiro atoms. The number of phenols is 1. The Morgan fingerprint density at radius 1 is 1.12 bits per heavy atom. The van der Waals surface area contributed by atoms with Gasteiger partial charge in [-0.25, -0.2) is 4.68 Å². The molecule has 0 saturated carbocycles. The largest absolute Gasteiger partial charge is 0.506 e. The van der Waals surface area contributed by atoms with E-state index in [9.17, 15) is 9.90 Å². The maximum absolute atomic E-state index is 12.6. The van der Waals surface area contributed by atoms with Crippen molar-refractivity contribution in [3.05, 3.63) is 71.2 Å². The van der Waals surface area contributed by atoms with E-state index in [-0.39, 0.29) is 11.7 Å². The smallest absolute Gasteiger partial charge is 0.265 e. The normalized spacial score (nSPS) is 10.9. The van der Waals surface area contributed by atoms with Crippen molar-refractivity contribution in [3.63, 3.8) is 0 Å². The lowest BCUT2D eigenvalue weighted by molar-refractivity contribution is 0.103. The van der Waals surface area contributed by atoms with E-state index in [0.29, 0.717) is 10.6 Å². The maximum atomic E-state index is 12.6. The van der Waals surface area contributed by atoms with Gasteiger partial charge in [-0.15, -0.1) is 11.3 Å². The summed E-state index contributed by atoms with van der Waals surface area (Å²) in [6.07, 6.45) is 0. The number of benzene rings is 2. The molecule has 0 bridgehead atoms. The summed E-state index contributed by atoms with van der Waals surface area (Å²) in [5, 5.41) is 18.1. The summed E-state index contributed by atoms with van der Waals surface area (Å²) in [5.41, 5.74) is 2.22. The highest BCUT2D eigenvalue weighted by Crippen LogP contribution is 2.31. The molecule has 0 aliphatic heterocycles. The zero-order chi connectivity index (χ0) is 17.4. The van der Waals surface area contributed by atoms with E-state index in [0.717, 1.165) is 21.6 Å². The third kappa shape index (κ3) is 2.77. The first-order chi connectivity index (χ1) is 12.1. The molecular formula is C19H15N3O2S. The highest BCUT2D eigenvalue weighted by Gasteiger charge is 2.17. The second kappa shape index (κ2) is 6.07. The first-order valence-corrected chi connectivity index (χ1v) is 8.59. The maximum Gasteiger partial charge on any atom is 0.265 e. The molecule has 4 rings (SSSR count). The third-order valence-electron chi connectivity index (χ3n) is 3.92. The Morgan fingerprint density at radius 3 is 2.60 bits per heavy atom. The molecule has 25 heavy (non-hydrogen) atoms. The van der Waals surface area contributed by atoms with Crippen LogP contribution in [0, 0.1) is 6.92 Å². The lowest BCUT2D eigenvalue weighted by Gasteiger charge is -2.05. The number of hydrogen-bond acceptors (Lipinski definition) is 4. The molecule has 0 aliphatic carbocycles. The number of aromatic hydroxyl groups is 1. The molecule has 4 aromatic rings. The zero-order valence-corrected chi connectivity index (χ0v) is 14.2. The third-order valence-corrected chi connectivity index (χ3v) is 5.03. The van der Waals surface area contributed by atoms with Crippen LogP contribution >= 0.6 is 11.3 Å². The summed E-state index contributed by atoms with van der Waals surface area (Å²) in [7, 11) is 0. The Kier molecular flexibility index (Phi) is 3.74. The van der Waals surface area contributed by atoms with Gasteiger partial charge in [0.05, 0.1) is 21.9 Å². The van der Waals surface area contributed by atoms with Gasteiger partial charge in [0.15, 0.2) is 0 Å². The van der Waals surface area contributed by atoms with Crippen LogP contribution in [-0.2, 0) is 0 Å². The lowest BCUT2D eigenvalue weighted by Crippen LogP contribution is -2.10. The van der Waals surface area contributed by atoms with Gasteiger partial charge in [-0.2, -0.15) is 5.10 Å². The molecule has 2 N–H and O–H groups in total. The van der Waals surface area contributed by atoms with Crippen LogP contribution in [0.2, 0.25) is 0 Å². The van der Waals surface area contributed by atoms with Crippen molar-refractivity contribution >= 4 is 33.1 Å². The predicted octanol–water partition coefficient (Wildman–Crippen LogP) is 4.35. The van der Waals surface area contributed by atoms with Gasteiger partial charge in [0.25, 0.3) is 5.91 Å². The molecular weight excluding hydrogens is 334 g/mol. The second-order valence-electron chi connectivity index (χ2n) is 5.63. The molecule has 124 valence electrons. The van der Waals surface area contributed by atoms with Gasteiger partial charge in [-0.3, -0.25) is 4.79 Å². The molecule has 0 saturated heterocycles. The van der Waals surface area contributed by atoms with E-state index >= 15 is 0 Å². The Labute approximate surface area is 148 Å². The molecule has 0 atom stereocenters. The number of aromatic nitrogens is 2. The van der Waals surface area contributed by atoms with Crippen LogP contribution in [0.1, 0.15) is 15.4 Å². The summed E-state index contributed by atoms with van der Waals surface area (Å²) < 4.78 is 1.85. The number of aryl methyl sites for hydroxylation is 1. The van der Waals surface area contributed by atoms with E-state index in [4.69, 9.17) is 0 Å². The first-order valence-electron chi connectivity index (χ1n) is 7.77. The van der Waals surface area contributed by atoms with Crippen LogP contribution in [0.15, 0.2) is 60.7 Å². The van der Waals surface area contributed by atoms with Crippen molar-refractivity contribution in [2.75, 3.05) is 5.32 Å². The Morgan fingerprint density at radius 2 is 1.84 bits per heavy atom. The number of carbonyl (C=O) groups is 1. The molecule has 0 aliphatic rings. The predicted molar refractivity (Wildman–Crippen MR) is 99.7 cm³/mol. The van der Waals surface area contributed by atoms with Crippen molar-refractivity contribution in [2.24, 2.45) is 0 Å². The van der Waals surface area contributed by atoms with Crippen LogP contribution in [0.25, 0.3) is 15.9 Å². The zero-order valence-electron chi connectivity index (χ0n) is 13.4.